The Bertz CT molecular complexity index is 1220. The molecule has 4 rings (SSSR count). The van der Waals surface area contributed by atoms with Gasteiger partial charge in [0.2, 0.25) is 5.43 Å². The quantitative estimate of drug-likeness (QED) is 0.473. The van der Waals surface area contributed by atoms with E-state index in [0.29, 0.717) is 16.6 Å². The monoisotopic (exact) mass is 404 g/mol. The Balaban J connectivity index is 0.00000210. The first-order chi connectivity index (χ1) is 12.5. The van der Waals surface area contributed by atoms with E-state index in [2.05, 4.69) is 9.97 Å². The molecule has 0 unspecified atom stereocenters. The Morgan fingerprint density at radius 2 is 2.04 bits per heavy atom. The summed E-state index contributed by atoms with van der Waals surface area (Å²) in [6, 6.07) is 3.20. The Kier molecular flexibility index (Phi) is 4.60. The van der Waals surface area contributed by atoms with E-state index < -0.39 is 17.0 Å². The van der Waals surface area contributed by atoms with Gasteiger partial charge in [0.1, 0.15) is 11.4 Å². The van der Waals surface area contributed by atoms with Gasteiger partial charge >= 0.3 is 5.97 Å². The lowest BCUT2D eigenvalue weighted by Crippen LogP contribution is -2.20. The zero-order valence-corrected chi connectivity index (χ0v) is 15.2. The minimum absolute atomic E-state index is 0. The number of thiazole rings is 1. The van der Waals surface area contributed by atoms with E-state index in [4.69, 9.17) is 11.5 Å². The van der Waals surface area contributed by atoms with Crippen LogP contribution in [-0.4, -0.2) is 30.2 Å². The van der Waals surface area contributed by atoms with E-state index in [1.165, 1.54) is 28.2 Å². The molecule has 5 N–H and O–H groups in total. The summed E-state index contributed by atoms with van der Waals surface area (Å²) >= 11 is 1.28. The average molecular weight is 405 g/mol. The fourth-order valence-electron chi connectivity index (χ4n) is 2.65. The van der Waals surface area contributed by atoms with E-state index in [0.717, 1.165) is 0 Å². The van der Waals surface area contributed by atoms with Gasteiger partial charge in [-0.1, -0.05) is 0 Å². The largest absolute Gasteiger partial charge is 0.477 e. The van der Waals surface area contributed by atoms with Crippen molar-refractivity contribution < 1.29 is 9.90 Å². The Labute approximate surface area is 161 Å². The molecule has 27 heavy (non-hydrogen) atoms. The number of hydrogen-bond acceptors (Lipinski definition) is 7. The van der Waals surface area contributed by atoms with Crippen LogP contribution in [0.4, 0.5) is 11.4 Å². The molecule has 0 aliphatic carbocycles. The van der Waals surface area contributed by atoms with Gasteiger partial charge in [-0.3, -0.25) is 9.36 Å². The maximum absolute atomic E-state index is 12.6. The Morgan fingerprint density at radius 3 is 2.63 bits per heavy atom. The summed E-state index contributed by atoms with van der Waals surface area (Å²) in [5, 5.41) is 11.6. The normalized spacial score (nSPS) is 10.7. The fourth-order valence-corrected chi connectivity index (χ4v) is 3.27. The van der Waals surface area contributed by atoms with Crippen LogP contribution in [0.1, 0.15) is 10.4 Å². The van der Waals surface area contributed by atoms with Gasteiger partial charge < -0.3 is 21.1 Å². The van der Waals surface area contributed by atoms with Gasteiger partial charge in [0.25, 0.3) is 0 Å². The zero-order valence-electron chi connectivity index (χ0n) is 13.6. The van der Waals surface area contributed by atoms with Crippen LogP contribution in [0.3, 0.4) is 0 Å². The standard InChI is InChI=1S/C16H12N6O3S.ClH/c17-8-1-3-21(6-8)11-5-10(18)12-13(23)9(15(24)25)7-22(14(12)20-11)16-19-2-4-26-16;/h1-7H,17H2,(H2,18,20)(H,24,25);1H. The zero-order chi connectivity index (χ0) is 18.4. The highest BCUT2D eigenvalue weighted by Crippen LogP contribution is 2.24. The molecule has 138 valence electrons. The van der Waals surface area contributed by atoms with Crippen LogP contribution < -0.4 is 16.9 Å². The molecule has 0 radical (unpaired) electrons. The first-order valence-corrected chi connectivity index (χ1v) is 8.26. The van der Waals surface area contributed by atoms with Crippen LogP contribution in [0.5, 0.6) is 0 Å². The third-order valence-electron chi connectivity index (χ3n) is 3.81. The summed E-state index contributed by atoms with van der Waals surface area (Å²) in [6.45, 7) is 0. The highest BCUT2D eigenvalue weighted by Gasteiger charge is 2.20. The molecule has 4 aromatic heterocycles. The van der Waals surface area contributed by atoms with Crippen LogP contribution in [-0.2, 0) is 0 Å². The minimum Gasteiger partial charge on any atom is -0.477 e. The van der Waals surface area contributed by atoms with Crippen molar-refractivity contribution in [3.05, 3.63) is 58.1 Å². The van der Waals surface area contributed by atoms with Crippen molar-refractivity contribution in [2.75, 3.05) is 11.5 Å². The molecule has 0 bridgehead atoms. The number of carboxylic acids is 1. The number of nitrogens with two attached hydrogens (primary N) is 2. The molecule has 0 atom stereocenters. The van der Waals surface area contributed by atoms with Crippen LogP contribution in [0.15, 0.2) is 47.1 Å². The number of aromatic carboxylic acids is 1. The summed E-state index contributed by atoms with van der Waals surface area (Å²) < 4.78 is 3.12. The van der Waals surface area contributed by atoms with Gasteiger partial charge in [-0.25, -0.2) is 14.8 Å². The van der Waals surface area contributed by atoms with E-state index in [1.54, 1.807) is 34.6 Å². The Morgan fingerprint density at radius 1 is 1.26 bits per heavy atom. The molecule has 11 heteroatoms. The van der Waals surface area contributed by atoms with Crippen LogP contribution in [0.25, 0.3) is 22.0 Å². The van der Waals surface area contributed by atoms with Crippen LogP contribution >= 0.6 is 23.7 Å². The number of halogens is 1. The lowest BCUT2D eigenvalue weighted by atomic mass is 10.1. The fraction of sp³-hybridized carbons (Fsp3) is 0. The molecule has 9 nitrogen and oxygen atoms in total. The number of nitrogen functional groups attached to an aromatic ring is 2. The first kappa shape index (κ1) is 18.4. The van der Waals surface area contributed by atoms with Crippen molar-refractivity contribution >= 4 is 52.1 Å². The van der Waals surface area contributed by atoms with Gasteiger partial charge in [0.05, 0.1) is 11.1 Å². The number of hydrogen-bond donors (Lipinski definition) is 3. The Hall–Kier alpha value is -3.37. The van der Waals surface area contributed by atoms with Gasteiger partial charge in [-0.2, -0.15) is 0 Å². The first-order valence-electron chi connectivity index (χ1n) is 7.38. The van der Waals surface area contributed by atoms with Crippen molar-refractivity contribution in [2.45, 2.75) is 0 Å². The molecular weight excluding hydrogens is 392 g/mol. The number of fused-ring (bicyclic) bond motifs is 1. The smallest absolute Gasteiger partial charge is 0.341 e. The van der Waals surface area contributed by atoms with E-state index in [1.807, 2.05) is 0 Å². The van der Waals surface area contributed by atoms with E-state index in [9.17, 15) is 14.7 Å². The summed E-state index contributed by atoms with van der Waals surface area (Å²) in [6.07, 6.45) is 6.15. The topological polar surface area (TPSA) is 142 Å². The van der Waals surface area contributed by atoms with Crippen LogP contribution in [0.2, 0.25) is 0 Å². The minimum atomic E-state index is -1.34. The predicted molar refractivity (Wildman–Crippen MR) is 105 cm³/mol. The number of carbonyl (C=O) groups is 1. The van der Waals surface area contributed by atoms with E-state index >= 15 is 0 Å². The highest BCUT2D eigenvalue weighted by molar-refractivity contribution is 7.12. The molecule has 0 aliphatic heterocycles. The molecule has 0 saturated heterocycles. The summed E-state index contributed by atoms with van der Waals surface area (Å²) in [5.41, 5.74) is 11.6. The summed E-state index contributed by atoms with van der Waals surface area (Å²) in [5.74, 6) is -0.900. The predicted octanol–water partition coefficient (Wildman–Crippen LogP) is 1.92. The van der Waals surface area contributed by atoms with Gasteiger partial charge in [0.15, 0.2) is 10.8 Å². The molecule has 4 heterocycles. The van der Waals surface area contributed by atoms with Crippen molar-refractivity contribution in [1.29, 1.82) is 0 Å². The van der Waals surface area contributed by atoms with Gasteiger partial charge in [-0.05, 0) is 6.07 Å². The second-order valence-corrected chi connectivity index (χ2v) is 6.36. The number of nitrogens with zero attached hydrogens (tertiary/aromatic N) is 4. The second-order valence-electron chi connectivity index (χ2n) is 5.48. The summed E-state index contributed by atoms with van der Waals surface area (Å²) in [7, 11) is 0. The number of pyridine rings is 2. The third-order valence-corrected chi connectivity index (χ3v) is 4.58. The molecule has 0 spiro atoms. The molecule has 0 aliphatic rings. The number of carboxylic acid groups (broad SMARTS) is 1. The maximum atomic E-state index is 12.6. The molecule has 0 aromatic carbocycles. The van der Waals surface area contributed by atoms with Crippen molar-refractivity contribution in [3.63, 3.8) is 0 Å². The molecule has 0 saturated carbocycles. The summed E-state index contributed by atoms with van der Waals surface area (Å²) in [4.78, 5) is 32.8. The van der Waals surface area contributed by atoms with Crippen LogP contribution in [0, 0.1) is 0 Å². The van der Waals surface area contributed by atoms with Crippen molar-refractivity contribution in [2.24, 2.45) is 0 Å². The maximum Gasteiger partial charge on any atom is 0.341 e. The molecule has 0 fully saturated rings. The lowest BCUT2D eigenvalue weighted by molar-refractivity contribution is 0.0695. The second kappa shape index (κ2) is 6.74. The third kappa shape index (κ3) is 3.00. The average Bonchev–Trinajstić information content (AvgIpc) is 3.26. The lowest BCUT2D eigenvalue weighted by Gasteiger charge is -2.12. The number of anilines is 2. The van der Waals surface area contributed by atoms with Crippen molar-refractivity contribution in [3.8, 4) is 10.9 Å². The molecule has 0 amide bonds. The number of rotatable bonds is 3. The molecule has 4 aromatic rings. The van der Waals surface area contributed by atoms with Gasteiger partial charge in [-0.15, -0.1) is 23.7 Å². The number of aromatic nitrogens is 4. The SMILES string of the molecule is Cl.Nc1ccn(-c2cc(N)c3c(=O)c(C(=O)O)cn(-c4nccs4)c3n2)c1. The van der Waals surface area contributed by atoms with E-state index in [-0.39, 0.29) is 29.1 Å². The van der Waals surface area contributed by atoms with Gasteiger partial charge in [0, 0.05) is 41.9 Å². The van der Waals surface area contributed by atoms with Crippen molar-refractivity contribution in [1.82, 2.24) is 19.1 Å². The highest BCUT2D eigenvalue weighted by atomic mass is 35.5. The molecular formula is C16H13ClN6O3S.